The molecule has 2 aromatic heterocycles. The predicted molar refractivity (Wildman–Crippen MR) is 102 cm³/mol. The first-order chi connectivity index (χ1) is 12.6. The molecular formula is C19H19N5OS. The van der Waals surface area contributed by atoms with Gasteiger partial charge in [-0.2, -0.15) is 0 Å². The largest absolute Gasteiger partial charge is 0.308 e. The van der Waals surface area contributed by atoms with Gasteiger partial charge in [-0.1, -0.05) is 30.0 Å². The highest BCUT2D eigenvalue weighted by atomic mass is 32.2. The van der Waals surface area contributed by atoms with Gasteiger partial charge in [0.05, 0.1) is 5.75 Å². The van der Waals surface area contributed by atoms with Crippen LogP contribution in [0.5, 0.6) is 0 Å². The van der Waals surface area contributed by atoms with E-state index in [0.717, 1.165) is 28.7 Å². The number of pyridine rings is 1. The monoisotopic (exact) mass is 365 g/mol. The summed E-state index contributed by atoms with van der Waals surface area (Å²) in [5.41, 5.74) is 3.22. The van der Waals surface area contributed by atoms with Crippen LogP contribution in [0.3, 0.4) is 0 Å². The highest BCUT2D eigenvalue weighted by Crippen LogP contribution is 2.33. The van der Waals surface area contributed by atoms with Gasteiger partial charge in [-0.05, 0) is 37.1 Å². The van der Waals surface area contributed by atoms with Crippen molar-refractivity contribution in [3.05, 3.63) is 54.4 Å². The van der Waals surface area contributed by atoms with Crippen LogP contribution in [0.4, 0.5) is 5.69 Å². The molecular weight excluding hydrogens is 346 g/mol. The third-order valence-electron chi connectivity index (χ3n) is 4.57. The Kier molecular flexibility index (Phi) is 4.46. The van der Waals surface area contributed by atoms with Crippen LogP contribution in [0.2, 0.25) is 0 Å². The average molecular weight is 365 g/mol. The molecule has 3 aromatic rings. The van der Waals surface area contributed by atoms with Gasteiger partial charge in [0.15, 0.2) is 11.0 Å². The summed E-state index contributed by atoms with van der Waals surface area (Å²) in [6.07, 6.45) is 4.36. The number of para-hydroxylation sites is 1. The van der Waals surface area contributed by atoms with Crippen molar-refractivity contribution in [2.24, 2.45) is 7.05 Å². The zero-order valence-electron chi connectivity index (χ0n) is 14.7. The molecule has 1 aromatic carbocycles. The molecule has 1 unspecified atom stereocenters. The summed E-state index contributed by atoms with van der Waals surface area (Å²) in [5, 5.41) is 9.22. The maximum Gasteiger partial charge on any atom is 0.237 e. The van der Waals surface area contributed by atoms with Gasteiger partial charge in [0.1, 0.15) is 0 Å². The number of rotatable bonds is 4. The van der Waals surface area contributed by atoms with E-state index in [9.17, 15) is 4.79 Å². The Morgan fingerprint density at radius 3 is 2.77 bits per heavy atom. The Bertz CT molecular complexity index is 940. The molecule has 6 nitrogen and oxygen atoms in total. The number of benzene rings is 1. The average Bonchev–Trinajstić information content (AvgIpc) is 3.19. The summed E-state index contributed by atoms with van der Waals surface area (Å²) in [4.78, 5) is 18.7. The van der Waals surface area contributed by atoms with Crippen LogP contribution in [0, 0.1) is 0 Å². The second-order valence-electron chi connectivity index (χ2n) is 6.34. The van der Waals surface area contributed by atoms with Gasteiger partial charge in [-0.25, -0.2) is 0 Å². The van der Waals surface area contributed by atoms with Crippen molar-refractivity contribution >= 4 is 23.4 Å². The highest BCUT2D eigenvalue weighted by Gasteiger charge is 2.30. The van der Waals surface area contributed by atoms with Gasteiger partial charge in [0, 0.05) is 36.7 Å². The molecule has 132 valence electrons. The smallest absolute Gasteiger partial charge is 0.237 e. The van der Waals surface area contributed by atoms with Crippen molar-refractivity contribution in [1.82, 2.24) is 19.7 Å². The summed E-state index contributed by atoms with van der Waals surface area (Å²) < 4.78 is 1.91. The number of fused-ring (bicyclic) bond motifs is 1. The standard InChI is InChI=1S/C19H19N5OS/c1-13-11-15-5-3-4-6-16(15)24(13)17(25)12-26-19-22-21-18(23(19)2)14-7-9-20-10-8-14/h3-10,13H,11-12H2,1-2H3. The number of thioether (sulfide) groups is 1. The van der Waals surface area contributed by atoms with Gasteiger partial charge in [-0.15, -0.1) is 10.2 Å². The highest BCUT2D eigenvalue weighted by molar-refractivity contribution is 7.99. The maximum absolute atomic E-state index is 12.8. The molecule has 1 amide bonds. The van der Waals surface area contributed by atoms with E-state index in [1.54, 1.807) is 12.4 Å². The fraction of sp³-hybridized carbons (Fsp3) is 0.263. The number of nitrogens with zero attached hydrogens (tertiary/aromatic N) is 5. The van der Waals surface area contributed by atoms with Crippen molar-refractivity contribution in [3.63, 3.8) is 0 Å². The first-order valence-corrected chi connectivity index (χ1v) is 9.46. The van der Waals surface area contributed by atoms with E-state index >= 15 is 0 Å². The number of anilines is 1. The Balaban J connectivity index is 1.48. The predicted octanol–water partition coefficient (Wildman–Crippen LogP) is 2.95. The van der Waals surface area contributed by atoms with Crippen molar-refractivity contribution in [2.75, 3.05) is 10.7 Å². The molecule has 0 spiro atoms. The third kappa shape index (κ3) is 2.99. The fourth-order valence-corrected chi connectivity index (χ4v) is 4.10. The second kappa shape index (κ2) is 6.92. The van der Waals surface area contributed by atoms with Crippen LogP contribution in [0.15, 0.2) is 53.9 Å². The second-order valence-corrected chi connectivity index (χ2v) is 7.28. The first kappa shape index (κ1) is 16.8. The molecule has 1 atom stereocenters. The molecule has 7 heteroatoms. The minimum absolute atomic E-state index is 0.0981. The van der Waals surface area contributed by atoms with E-state index in [1.165, 1.54) is 17.3 Å². The number of hydrogen-bond acceptors (Lipinski definition) is 5. The van der Waals surface area contributed by atoms with Gasteiger partial charge in [-0.3, -0.25) is 9.78 Å². The summed E-state index contributed by atoms with van der Waals surface area (Å²) in [7, 11) is 1.91. The summed E-state index contributed by atoms with van der Waals surface area (Å²) in [5.74, 6) is 1.20. The van der Waals surface area contributed by atoms with Crippen LogP contribution < -0.4 is 4.90 Å². The molecule has 0 radical (unpaired) electrons. The molecule has 0 N–H and O–H groups in total. The number of carbonyl (C=O) groups is 1. The number of hydrogen-bond donors (Lipinski definition) is 0. The van der Waals surface area contributed by atoms with E-state index < -0.39 is 0 Å². The summed E-state index contributed by atoms with van der Waals surface area (Å²) in [6, 6.07) is 12.1. The van der Waals surface area contributed by atoms with Gasteiger partial charge in [0.25, 0.3) is 0 Å². The van der Waals surface area contributed by atoms with Crippen LogP contribution in [0.1, 0.15) is 12.5 Å². The van der Waals surface area contributed by atoms with Crippen molar-refractivity contribution in [2.45, 2.75) is 24.5 Å². The Morgan fingerprint density at radius 2 is 1.96 bits per heavy atom. The van der Waals surface area contributed by atoms with E-state index in [2.05, 4.69) is 28.2 Å². The lowest BCUT2D eigenvalue weighted by Crippen LogP contribution is -2.37. The van der Waals surface area contributed by atoms with Gasteiger partial charge < -0.3 is 9.47 Å². The minimum Gasteiger partial charge on any atom is -0.308 e. The van der Waals surface area contributed by atoms with E-state index in [4.69, 9.17) is 0 Å². The van der Waals surface area contributed by atoms with Crippen molar-refractivity contribution < 1.29 is 4.79 Å². The Hall–Kier alpha value is -2.67. The minimum atomic E-state index is 0.0981. The van der Waals surface area contributed by atoms with Crippen LogP contribution in [0.25, 0.3) is 11.4 Å². The zero-order chi connectivity index (χ0) is 18.1. The van der Waals surface area contributed by atoms with Gasteiger partial charge in [0.2, 0.25) is 5.91 Å². The third-order valence-corrected chi connectivity index (χ3v) is 5.58. The fourth-order valence-electron chi connectivity index (χ4n) is 3.33. The van der Waals surface area contributed by atoms with Crippen LogP contribution in [-0.2, 0) is 18.3 Å². The molecule has 0 saturated heterocycles. The van der Waals surface area contributed by atoms with E-state index in [-0.39, 0.29) is 11.9 Å². The molecule has 1 aliphatic heterocycles. The lowest BCUT2D eigenvalue weighted by molar-refractivity contribution is -0.116. The quantitative estimate of drug-likeness (QED) is 0.665. The lowest BCUT2D eigenvalue weighted by atomic mass is 10.1. The molecule has 26 heavy (non-hydrogen) atoms. The SMILES string of the molecule is CC1Cc2ccccc2N1C(=O)CSc1nnc(-c2ccncc2)n1C. The molecule has 1 aliphatic rings. The molecule has 4 rings (SSSR count). The number of amides is 1. The Labute approximate surface area is 156 Å². The van der Waals surface area contributed by atoms with Crippen LogP contribution >= 0.6 is 11.8 Å². The van der Waals surface area contributed by atoms with E-state index in [0.29, 0.717) is 5.75 Å². The molecule has 0 aliphatic carbocycles. The molecule has 0 bridgehead atoms. The molecule has 0 fully saturated rings. The van der Waals surface area contributed by atoms with Crippen LogP contribution in [-0.4, -0.2) is 37.5 Å². The zero-order valence-corrected chi connectivity index (χ0v) is 15.5. The molecule has 0 saturated carbocycles. The van der Waals surface area contributed by atoms with Crippen molar-refractivity contribution in [3.8, 4) is 11.4 Å². The molecule has 3 heterocycles. The Morgan fingerprint density at radius 1 is 1.19 bits per heavy atom. The summed E-state index contributed by atoms with van der Waals surface area (Å²) in [6.45, 7) is 2.09. The summed E-state index contributed by atoms with van der Waals surface area (Å²) >= 11 is 1.42. The van der Waals surface area contributed by atoms with Gasteiger partial charge >= 0.3 is 0 Å². The first-order valence-electron chi connectivity index (χ1n) is 8.47. The topological polar surface area (TPSA) is 63.9 Å². The lowest BCUT2D eigenvalue weighted by Gasteiger charge is -2.22. The number of aromatic nitrogens is 4. The van der Waals surface area contributed by atoms with E-state index in [1.807, 2.05) is 46.8 Å². The normalized spacial score (nSPS) is 15.9. The maximum atomic E-state index is 12.8. The van der Waals surface area contributed by atoms with Crippen molar-refractivity contribution in [1.29, 1.82) is 0 Å². The number of carbonyl (C=O) groups excluding carboxylic acids is 1.